The number of rotatable bonds is 3. The van der Waals surface area contributed by atoms with Crippen LogP contribution in [0, 0.1) is 18.6 Å². The van der Waals surface area contributed by atoms with Gasteiger partial charge in [-0.3, -0.25) is 4.79 Å². The first kappa shape index (κ1) is 19.7. The first-order valence-electron chi connectivity index (χ1n) is 8.31. The summed E-state index contributed by atoms with van der Waals surface area (Å²) in [6.45, 7) is 1.68. The molecule has 0 aliphatic heterocycles. The highest BCUT2D eigenvalue weighted by atomic mass is 79.9. The molecule has 4 rings (SSSR count). The molecule has 5 nitrogen and oxygen atoms in total. The molecule has 0 saturated heterocycles. The molecule has 0 saturated carbocycles. The van der Waals surface area contributed by atoms with Crippen molar-refractivity contribution in [1.82, 2.24) is 9.97 Å². The van der Waals surface area contributed by atoms with Gasteiger partial charge in [0.2, 0.25) is 5.89 Å². The molecule has 146 valence electrons. The number of carbonyl (C=O) groups excluding carboxylic acids is 1. The Bertz CT molecular complexity index is 1270. The zero-order valence-corrected chi connectivity index (χ0v) is 17.9. The molecular weight excluding hydrogens is 512 g/mol. The lowest BCUT2D eigenvalue weighted by Gasteiger charge is -2.12. The molecule has 0 aliphatic carbocycles. The van der Waals surface area contributed by atoms with Gasteiger partial charge < -0.3 is 9.73 Å². The van der Waals surface area contributed by atoms with Gasteiger partial charge in [-0.05, 0) is 58.7 Å². The van der Waals surface area contributed by atoms with E-state index in [1.54, 1.807) is 25.3 Å². The molecule has 2 heterocycles. The molecule has 0 unspecified atom stereocenters. The number of aromatic nitrogens is 2. The van der Waals surface area contributed by atoms with Gasteiger partial charge in [0.1, 0.15) is 11.6 Å². The van der Waals surface area contributed by atoms with Crippen LogP contribution in [-0.2, 0) is 0 Å². The summed E-state index contributed by atoms with van der Waals surface area (Å²) in [6, 6.07) is 8.19. The minimum atomic E-state index is -0.696. The maximum Gasteiger partial charge on any atom is 0.258 e. The summed E-state index contributed by atoms with van der Waals surface area (Å²) in [4.78, 5) is 20.9. The molecule has 4 aromatic rings. The largest absolute Gasteiger partial charge is 0.434 e. The number of halogens is 4. The highest BCUT2D eigenvalue weighted by molar-refractivity contribution is 9.10. The Morgan fingerprint density at radius 3 is 2.66 bits per heavy atom. The number of hydrogen-bond donors (Lipinski definition) is 1. The minimum absolute atomic E-state index is 0.158. The van der Waals surface area contributed by atoms with Crippen LogP contribution in [-0.4, -0.2) is 15.9 Å². The zero-order valence-electron chi connectivity index (χ0n) is 14.8. The van der Waals surface area contributed by atoms with Gasteiger partial charge in [0.25, 0.3) is 5.91 Å². The maximum absolute atomic E-state index is 14.3. The molecule has 2 aromatic carbocycles. The van der Waals surface area contributed by atoms with E-state index in [4.69, 9.17) is 4.42 Å². The van der Waals surface area contributed by atoms with E-state index in [1.165, 1.54) is 18.2 Å². The second-order valence-electron chi connectivity index (χ2n) is 6.20. The number of anilines is 1. The van der Waals surface area contributed by atoms with Crippen molar-refractivity contribution in [3.8, 4) is 11.5 Å². The van der Waals surface area contributed by atoms with Crippen molar-refractivity contribution >= 4 is 54.7 Å². The van der Waals surface area contributed by atoms with Crippen molar-refractivity contribution in [1.29, 1.82) is 0 Å². The maximum atomic E-state index is 14.3. The summed E-state index contributed by atoms with van der Waals surface area (Å²) in [5, 5.41) is 2.55. The Hall–Kier alpha value is -2.65. The molecule has 0 atom stereocenters. The third kappa shape index (κ3) is 3.92. The Morgan fingerprint density at radius 2 is 1.90 bits per heavy atom. The number of benzene rings is 2. The number of nitrogens with one attached hydrogen (secondary N) is 1. The van der Waals surface area contributed by atoms with Gasteiger partial charge in [-0.25, -0.2) is 13.8 Å². The van der Waals surface area contributed by atoms with Crippen LogP contribution >= 0.6 is 31.9 Å². The Balaban J connectivity index is 1.73. The third-order valence-corrected chi connectivity index (χ3v) is 5.17. The summed E-state index contributed by atoms with van der Waals surface area (Å²) in [5.41, 5.74) is 1.70. The summed E-state index contributed by atoms with van der Waals surface area (Å²) in [6.07, 6.45) is 1.57. The lowest BCUT2D eigenvalue weighted by molar-refractivity contribution is 0.102. The molecule has 0 spiro atoms. The van der Waals surface area contributed by atoms with Crippen LogP contribution in [0.15, 0.2) is 56.0 Å². The SMILES string of the molecule is Cc1c(NC(=O)c2ccc(Br)cc2F)cc(F)cc1-c1nc2ncc(Br)cc2o1. The van der Waals surface area contributed by atoms with E-state index in [1.807, 2.05) is 0 Å². The van der Waals surface area contributed by atoms with Crippen molar-refractivity contribution in [3.63, 3.8) is 0 Å². The van der Waals surface area contributed by atoms with E-state index >= 15 is 0 Å². The summed E-state index contributed by atoms with van der Waals surface area (Å²) in [5.74, 6) is -1.83. The van der Waals surface area contributed by atoms with Gasteiger partial charge in [0.15, 0.2) is 11.2 Å². The number of amides is 1. The number of carbonyl (C=O) groups is 1. The average molecular weight is 523 g/mol. The highest BCUT2D eigenvalue weighted by Crippen LogP contribution is 2.32. The molecule has 29 heavy (non-hydrogen) atoms. The second kappa shape index (κ2) is 7.64. The topological polar surface area (TPSA) is 68.0 Å². The quantitative estimate of drug-likeness (QED) is 0.345. The second-order valence-corrected chi connectivity index (χ2v) is 8.03. The average Bonchev–Trinajstić information content (AvgIpc) is 3.07. The first-order chi connectivity index (χ1) is 13.8. The zero-order chi connectivity index (χ0) is 20.7. The van der Waals surface area contributed by atoms with Crippen LogP contribution in [0.25, 0.3) is 22.7 Å². The van der Waals surface area contributed by atoms with E-state index in [0.29, 0.717) is 31.3 Å². The monoisotopic (exact) mass is 521 g/mol. The number of nitrogens with zero attached hydrogens (tertiary/aromatic N) is 2. The van der Waals surface area contributed by atoms with Crippen molar-refractivity contribution in [2.45, 2.75) is 6.92 Å². The molecular formula is C20H11Br2F2N3O2. The van der Waals surface area contributed by atoms with Crippen LogP contribution in [0.5, 0.6) is 0 Å². The van der Waals surface area contributed by atoms with Crippen molar-refractivity contribution in [2.75, 3.05) is 5.32 Å². The van der Waals surface area contributed by atoms with Gasteiger partial charge in [0.05, 0.1) is 5.56 Å². The van der Waals surface area contributed by atoms with E-state index in [2.05, 4.69) is 47.1 Å². The fourth-order valence-electron chi connectivity index (χ4n) is 2.81. The molecule has 0 fully saturated rings. The minimum Gasteiger partial charge on any atom is -0.434 e. The molecule has 0 radical (unpaired) electrons. The number of oxazole rings is 1. The van der Waals surface area contributed by atoms with Crippen LogP contribution in [0.1, 0.15) is 15.9 Å². The van der Waals surface area contributed by atoms with Gasteiger partial charge in [0, 0.05) is 32.5 Å². The van der Waals surface area contributed by atoms with Crippen molar-refractivity contribution in [3.05, 3.63) is 74.3 Å². The Kier molecular flexibility index (Phi) is 5.18. The highest BCUT2D eigenvalue weighted by Gasteiger charge is 2.19. The summed E-state index contributed by atoms with van der Waals surface area (Å²) < 4.78 is 35.3. The van der Waals surface area contributed by atoms with Crippen molar-refractivity contribution in [2.24, 2.45) is 0 Å². The predicted octanol–water partition coefficient (Wildman–Crippen LogP) is 6.25. The number of fused-ring (bicyclic) bond motifs is 1. The van der Waals surface area contributed by atoms with E-state index < -0.39 is 17.5 Å². The van der Waals surface area contributed by atoms with Crippen LogP contribution in [0.2, 0.25) is 0 Å². The van der Waals surface area contributed by atoms with Gasteiger partial charge in [-0.1, -0.05) is 15.9 Å². The van der Waals surface area contributed by atoms with Gasteiger partial charge in [-0.15, -0.1) is 0 Å². The standard InChI is InChI=1S/C20H11Br2F2N3O2/c1-9-14(20-27-18-17(29-20)5-11(22)8-25-18)6-12(23)7-16(9)26-19(28)13-3-2-10(21)4-15(13)24/h2-8H,1H3,(H,26,28). The molecule has 1 N–H and O–H groups in total. The first-order valence-corrected chi connectivity index (χ1v) is 9.89. The molecule has 9 heteroatoms. The van der Waals surface area contributed by atoms with E-state index in [-0.39, 0.29) is 17.1 Å². The van der Waals surface area contributed by atoms with E-state index in [0.717, 1.165) is 6.07 Å². The molecule has 0 aliphatic rings. The van der Waals surface area contributed by atoms with Crippen LogP contribution in [0.3, 0.4) is 0 Å². The summed E-state index contributed by atoms with van der Waals surface area (Å²) in [7, 11) is 0. The smallest absolute Gasteiger partial charge is 0.258 e. The fourth-order valence-corrected chi connectivity index (χ4v) is 3.45. The number of pyridine rings is 1. The normalized spacial score (nSPS) is 11.1. The predicted molar refractivity (Wildman–Crippen MR) is 112 cm³/mol. The Labute approximate surface area is 180 Å². The lowest BCUT2D eigenvalue weighted by Crippen LogP contribution is -2.15. The van der Waals surface area contributed by atoms with Crippen molar-refractivity contribution < 1.29 is 18.0 Å². The lowest BCUT2D eigenvalue weighted by atomic mass is 10.1. The van der Waals surface area contributed by atoms with Gasteiger partial charge >= 0.3 is 0 Å². The van der Waals surface area contributed by atoms with E-state index in [9.17, 15) is 13.6 Å². The Morgan fingerprint density at radius 1 is 1.10 bits per heavy atom. The molecule has 1 amide bonds. The number of hydrogen-bond acceptors (Lipinski definition) is 4. The third-order valence-electron chi connectivity index (χ3n) is 4.24. The van der Waals surface area contributed by atoms with Crippen LogP contribution in [0.4, 0.5) is 14.5 Å². The van der Waals surface area contributed by atoms with Gasteiger partial charge in [-0.2, -0.15) is 4.98 Å². The summed E-state index contributed by atoms with van der Waals surface area (Å²) >= 11 is 6.44. The van der Waals surface area contributed by atoms with Crippen LogP contribution < -0.4 is 5.32 Å². The molecule has 0 bridgehead atoms. The molecule has 2 aromatic heterocycles. The fraction of sp³-hybridized carbons (Fsp3) is 0.0500.